The van der Waals surface area contributed by atoms with Crippen LogP contribution in [0.4, 0.5) is 4.39 Å². The molecule has 0 aliphatic carbocycles. The van der Waals surface area contributed by atoms with Gasteiger partial charge in [0.15, 0.2) is 0 Å². The quantitative estimate of drug-likeness (QED) is 0.876. The van der Waals surface area contributed by atoms with Crippen LogP contribution in [0.25, 0.3) is 5.69 Å². The highest BCUT2D eigenvalue weighted by molar-refractivity contribution is 14.1. The minimum absolute atomic E-state index is 0.242. The molecule has 0 radical (unpaired) electrons. The maximum atomic E-state index is 13.1. The van der Waals surface area contributed by atoms with Gasteiger partial charge in [-0.05, 0) is 59.3 Å². The monoisotopic (exact) mass is 331 g/mol. The number of nitrogens with two attached hydrogens (primary N) is 1. The second kappa shape index (κ2) is 4.92. The minimum Gasteiger partial charge on any atom is -0.330 e. The smallest absolute Gasteiger partial charge is 0.123 e. The lowest BCUT2D eigenvalue weighted by Gasteiger charge is -2.08. The fourth-order valence-electron chi connectivity index (χ4n) is 1.57. The Morgan fingerprint density at radius 2 is 2.25 bits per heavy atom. The Kier molecular flexibility index (Phi) is 3.55. The van der Waals surface area contributed by atoms with Crippen LogP contribution in [0.15, 0.2) is 30.6 Å². The lowest BCUT2D eigenvalue weighted by atomic mass is 10.1. The summed E-state index contributed by atoms with van der Waals surface area (Å²) in [5.41, 5.74) is 7.27. The summed E-state index contributed by atoms with van der Waals surface area (Å²) < 4.78 is 15.9. The Morgan fingerprint density at radius 1 is 1.44 bits per heavy atom. The van der Waals surface area contributed by atoms with Gasteiger partial charge in [0.1, 0.15) is 5.82 Å². The molecule has 0 saturated heterocycles. The Morgan fingerprint density at radius 3 is 2.88 bits per heavy atom. The number of nitrogens with zero attached hydrogens (tertiary/aromatic N) is 2. The molecule has 0 aliphatic rings. The van der Waals surface area contributed by atoms with Gasteiger partial charge in [-0.15, -0.1) is 0 Å². The van der Waals surface area contributed by atoms with Crippen molar-refractivity contribution in [2.24, 2.45) is 5.73 Å². The summed E-state index contributed by atoms with van der Waals surface area (Å²) in [7, 11) is 0. The summed E-state index contributed by atoms with van der Waals surface area (Å²) in [6, 6.07) is 4.67. The molecule has 3 nitrogen and oxygen atoms in total. The highest BCUT2D eigenvalue weighted by atomic mass is 127. The molecule has 0 unspecified atom stereocenters. The molecule has 84 valence electrons. The van der Waals surface area contributed by atoms with E-state index in [-0.39, 0.29) is 5.82 Å². The Balaban J connectivity index is 2.47. The van der Waals surface area contributed by atoms with Crippen LogP contribution >= 0.6 is 22.6 Å². The van der Waals surface area contributed by atoms with Crippen LogP contribution in [0, 0.1) is 9.39 Å². The number of halogens is 2. The SMILES string of the molecule is NCCc1cc(F)ccc1-n1cc(I)cn1. The highest BCUT2D eigenvalue weighted by Crippen LogP contribution is 2.17. The molecule has 0 bridgehead atoms. The van der Waals surface area contributed by atoms with Crippen LogP contribution in [-0.2, 0) is 6.42 Å². The number of rotatable bonds is 3. The summed E-state index contributed by atoms with van der Waals surface area (Å²) in [5.74, 6) is -0.242. The Hall–Kier alpha value is -0.950. The van der Waals surface area contributed by atoms with Gasteiger partial charge >= 0.3 is 0 Å². The molecule has 1 aromatic heterocycles. The van der Waals surface area contributed by atoms with Crippen molar-refractivity contribution in [3.8, 4) is 5.69 Å². The van der Waals surface area contributed by atoms with Crippen molar-refractivity contribution < 1.29 is 4.39 Å². The number of hydrogen-bond donors (Lipinski definition) is 1. The predicted octanol–water partition coefficient (Wildman–Crippen LogP) is 2.12. The van der Waals surface area contributed by atoms with Crippen LogP contribution in [-0.4, -0.2) is 16.3 Å². The fraction of sp³-hybridized carbons (Fsp3) is 0.182. The number of benzene rings is 1. The van der Waals surface area contributed by atoms with Gasteiger partial charge in [-0.2, -0.15) is 5.10 Å². The molecule has 0 saturated carbocycles. The first-order valence-corrected chi connectivity index (χ1v) is 5.97. The molecule has 16 heavy (non-hydrogen) atoms. The van der Waals surface area contributed by atoms with Gasteiger partial charge < -0.3 is 5.73 Å². The van der Waals surface area contributed by atoms with Crippen molar-refractivity contribution in [2.75, 3.05) is 6.54 Å². The molecule has 0 fully saturated rings. The molecule has 0 spiro atoms. The maximum absolute atomic E-state index is 13.1. The van der Waals surface area contributed by atoms with Crippen molar-refractivity contribution in [1.82, 2.24) is 9.78 Å². The summed E-state index contributed by atoms with van der Waals surface area (Å²) >= 11 is 2.19. The molecule has 0 aliphatic heterocycles. The third-order valence-corrected chi connectivity index (χ3v) is 2.81. The summed E-state index contributed by atoms with van der Waals surface area (Å²) in [6.45, 7) is 0.495. The largest absolute Gasteiger partial charge is 0.330 e. The van der Waals surface area contributed by atoms with E-state index in [1.165, 1.54) is 12.1 Å². The zero-order chi connectivity index (χ0) is 11.5. The Bertz CT molecular complexity index is 496. The van der Waals surface area contributed by atoms with Gasteiger partial charge in [0.2, 0.25) is 0 Å². The van der Waals surface area contributed by atoms with E-state index in [2.05, 4.69) is 27.7 Å². The van der Waals surface area contributed by atoms with E-state index < -0.39 is 0 Å². The van der Waals surface area contributed by atoms with Crippen LogP contribution in [0.3, 0.4) is 0 Å². The number of aromatic nitrogens is 2. The highest BCUT2D eigenvalue weighted by Gasteiger charge is 2.06. The number of hydrogen-bond acceptors (Lipinski definition) is 2. The summed E-state index contributed by atoms with van der Waals surface area (Å²) in [5, 5.41) is 4.20. The van der Waals surface area contributed by atoms with E-state index >= 15 is 0 Å². The van der Waals surface area contributed by atoms with Crippen molar-refractivity contribution in [3.63, 3.8) is 0 Å². The second-order valence-corrected chi connectivity index (χ2v) is 4.66. The summed E-state index contributed by atoms with van der Waals surface area (Å²) in [4.78, 5) is 0. The minimum atomic E-state index is -0.242. The lowest BCUT2D eigenvalue weighted by molar-refractivity contribution is 0.624. The van der Waals surface area contributed by atoms with Gasteiger partial charge in [0.05, 0.1) is 15.5 Å². The average molecular weight is 331 g/mol. The molecule has 0 atom stereocenters. The van der Waals surface area contributed by atoms with Gasteiger partial charge in [-0.25, -0.2) is 9.07 Å². The molecule has 1 heterocycles. The van der Waals surface area contributed by atoms with E-state index in [1.54, 1.807) is 16.9 Å². The van der Waals surface area contributed by atoms with E-state index in [1.807, 2.05) is 6.20 Å². The van der Waals surface area contributed by atoms with Crippen molar-refractivity contribution in [3.05, 3.63) is 45.5 Å². The van der Waals surface area contributed by atoms with Crippen LogP contribution in [0.2, 0.25) is 0 Å². The van der Waals surface area contributed by atoms with E-state index in [4.69, 9.17) is 5.73 Å². The molecule has 2 rings (SSSR count). The average Bonchev–Trinajstić information content (AvgIpc) is 2.65. The lowest BCUT2D eigenvalue weighted by Crippen LogP contribution is -2.07. The van der Waals surface area contributed by atoms with Crippen LogP contribution in [0.1, 0.15) is 5.56 Å². The Labute approximate surface area is 107 Å². The van der Waals surface area contributed by atoms with E-state index in [9.17, 15) is 4.39 Å². The predicted molar refractivity (Wildman–Crippen MR) is 69.0 cm³/mol. The molecule has 2 aromatic rings. The van der Waals surface area contributed by atoms with Gasteiger partial charge in [0.25, 0.3) is 0 Å². The van der Waals surface area contributed by atoms with Crippen LogP contribution in [0.5, 0.6) is 0 Å². The molecule has 1 aromatic carbocycles. The van der Waals surface area contributed by atoms with E-state index in [0.717, 1.165) is 14.8 Å². The summed E-state index contributed by atoms with van der Waals surface area (Å²) in [6.07, 6.45) is 4.30. The van der Waals surface area contributed by atoms with Crippen LogP contribution < -0.4 is 5.73 Å². The normalized spacial score (nSPS) is 10.7. The molecular weight excluding hydrogens is 320 g/mol. The van der Waals surface area contributed by atoms with Gasteiger partial charge in [0, 0.05) is 6.20 Å². The molecular formula is C11H11FIN3. The van der Waals surface area contributed by atoms with Gasteiger partial charge in [-0.3, -0.25) is 0 Å². The third kappa shape index (κ3) is 2.41. The fourth-order valence-corrected chi connectivity index (χ4v) is 1.95. The topological polar surface area (TPSA) is 43.8 Å². The zero-order valence-corrected chi connectivity index (χ0v) is 10.7. The molecule has 0 amide bonds. The van der Waals surface area contributed by atoms with Crippen molar-refractivity contribution >= 4 is 22.6 Å². The molecule has 2 N–H and O–H groups in total. The van der Waals surface area contributed by atoms with Crippen molar-refractivity contribution in [1.29, 1.82) is 0 Å². The first-order valence-electron chi connectivity index (χ1n) is 4.90. The first kappa shape index (κ1) is 11.5. The van der Waals surface area contributed by atoms with E-state index in [0.29, 0.717) is 13.0 Å². The standard InChI is InChI=1S/C11H11FIN3/c12-9-1-2-11(8(5-9)3-4-14)16-7-10(13)6-15-16/h1-2,5-7H,3-4,14H2. The second-order valence-electron chi connectivity index (χ2n) is 3.41. The van der Waals surface area contributed by atoms with Crippen molar-refractivity contribution in [2.45, 2.75) is 6.42 Å². The zero-order valence-electron chi connectivity index (χ0n) is 8.53. The third-order valence-electron chi connectivity index (χ3n) is 2.25. The molecule has 5 heteroatoms. The first-order chi connectivity index (χ1) is 7.70. The van der Waals surface area contributed by atoms with Gasteiger partial charge in [-0.1, -0.05) is 0 Å². The maximum Gasteiger partial charge on any atom is 0.123 e.